The maximum atomic E-state index is 11.9. The van der Waals surface area contributed by atoms with Crippen LogP contribution >= 0.6 is 0 Å². The fourth-order valence-electron chi connectivity index (χ4n) is 1.68. The largest absolute Gasteiger partial charge is 0.474 e. The summed E-state index contributed by atoms with van der Waals surface area (Å²) in [6.45, 7) is 6.58. The summed E-state index contributed by atoms with van der Waals surface area (Å²) in [4.78, 5) is 44.5. The number of imide groups is 1. The lowest BCUT2D eigenvalue weighted by atomic mass is 10.1. The van der Waals surface area contributed by atoms with Crippen molar-refractivity contribution >= 4 is 23.9 Å². The van der Waals surface area contributed by atoms with E-state index in [9.17, 15) is 24.5 Å². The van der Waals surface area contributed by atoms with Crippen LogP contribution in [0.15, 0.2) is 18.2 Å². The Morgan fingerprint density at radius 3 is 2.46 bits per heavy atom. The molecule has 0 aliphatic rings. The summed E-state index contributed by atoms with van der Waals surface area (Å²) in [7, 11) is 0. The number of nitrogens with zero attached hydrogens (tertiary/aromatic N) is 1. The second-order valence-corrected chi connectivity index (χ2v) is 6.06. The summed E-state index contributed by atoms with van der Waals surface area (Å²) in [6, 6.07) is 2.89. The molecule has 0 aromatic heterocycles. The van der Waals surface area contributed by atoms with Crippen LogP contribution in [0.5, 0.6) is 5.75 Å². The lowest BCUT2D eigenvalue weighted by molar-refractivity contribution is -0.386. The van der Waals surface area contributed by atoms with Gasteiger partial charge in [-0.3, -0.25) is 25.0 Å². The normalized spacial score (nSPS) is 12.0. The van der Waals surface area contributed by atoms with Crippen LogP contribution < -0.4 is 15.4 Å². The highest BCUT2D eigenvalue weighted by Crippen LogP contribution is 2.28. The van der Waals surface area contributed by atoms with E-state index in [0.717, 1.165) is 6.07 Å². The number of hydrogen-bond acceptors (Lipinski definition) is 6. The Morgan fingerprint density at radius 2 is 1.96 bits per heavy atom. The van der Waals surface area contributed by atoms with Crippen molar-refractivity contribution < 1.29 is 24.0 Å². The molecule has 130 valence electrons. The van der Waals surface area contributed by atoms with E-state index in [1.807, 2.05) is 0 Å². The fourth-order valence-corrected chi connectivity index (χ4v) is 1.68. The second-order valence-electron chi connectivity index (χ2n) is 6.06. The molecule has 0 unspecified atom stereocenters. The molecule has 0 bridgehead atoms. The minimum absolute atomic E-state index is 0.107. The summed E-state index contributed by atoms with van der Waals surface area (Å²) in [5, 5.41) is 15.6. The Kier molecular flexibility index (Phi) is 5.99. The molecule has 3 amide bonds. The number of nitro benzene ring substituents is 1. The van der Waals surface area contributed by atoms with E-state index < -0.39 is 34.2 Å². The molecule has 0 radical (unpaired) electrons. The summed E-state index contributed by atoms with van der Waals surface area (Å²) in [6.07, 6.45) is -0.694. The first kappa shape index (κ1) is 19.1. The number of aldehydes is 1. The predicted molar refractivity (Wildman–Crippen MR) is 85.0 cm³/mol. The predicted octanol–water partition coefficient (Wildman–Crippen LogP) is 1.80. The van der Waals surface area contributed by atoms with E-state index in [2.05, 4.69) is 10.6 Å². The molecule has 0 spiro atoms. The highest BCUT2D eigenvalue weighted by molar-refractivity contribution is 5.96. The molecule has 0 saturated carbocycles. The number of carbonyl (C=O) groups is 3. The highest BCUT2D eigenvalue weighted by Gasteiger charge is 2.24. The van der Waals surface area contributed by atoms with Crippen molar-refractivity contribution in [3.63, 3.8) is 0 Å². The zero-order chi connectivity index (χ0) is 18.5. The third-order valence-electron chi connectivity index (χ3n) is 2.71. The summed E-state index contributed by atoms with van der Waals surface area (Å²) >= 11 is 0. The van der Waals surface area contributed by atoms with Crippen molar-refractivity contribution in [2.45, 2.75) is 39.3 Å². The number of amides is 3. The number of nitrogens with one attached hydrogen (secondary N) is 2. The van der Waals surface area contributed by atoms with Gasteiger partial charge in [-0.05, 0) is 39.8 Å². The zero-order valence-corrected chi connectivity index (χ0v) is 13.8. The first-order valence-electron chi connectivity index (χ1n) is 7.07. The van der Waals surface area contributed by atoms with Gasteiger partial charge in [0.05, 0.1) is 4.92 Å². The smallest absolute Gasteiger partial charge is 0.321 e. The van der Waals surface area contributed by atoms with Crippen molar-refractivity contribution in [1.29, 1.82) is 0 Å². The number of hydrogen-bond donors (Lipinski definition) is 2. The minimum Gasteiger partial charge on any atom is -0.474 e. The van der Waals surface area contributed by atoms with Gasteiger partial charge in [0, 0.05) is 17.2 Å². The van der Waals surface area contributed by atoms with Crippen LogP contribution in [-0.4, -0.2) is 34.8 Å². The van der Waals surface area contributed by atoms with Gasteiger partial charge in [-0.1, -0.05) is 0 Å². The molecule has 9 heteroatoms. The third kappa shape index (κ3) is 5.67. The van der Waals surface area contributed by atoms with E-state index in [1.165, 1.54) is 19.1 Å². The number of carbonyl (C=O) groups excluding carboxylic acids is 3. The van der Waals surface area contributed by atoms with Crippen LogP contribution in [0.3, 0.4) is 0 Å². The molecule has 9 nitrogen and oxygen atoms in total. The molecule has 0 saturated heterocycles. The average molecular weight is 337 g/mol. The molecule has 0 heterocycles. The molecule has 0 aliphatic heterocycles. The quantitative estimate of drug-likeness (QED) is 0.479. The van der Waals surface area contributed by atoms with E-state index in [4.69, 9.17) is 4.74 Å². The van der Waals surface area contributed by atoms with Crippen LogP contribution in [0.2, 0.25) is 0 Å². The van der Waals surface area contributed by atoms with Crippen molar-refractivity contribution in [2.75, 3.05) is 0 Å². The Morgan fingerprint density at radius 1 is 1.33 bits per heavy atom. The lowest BCUT2D eigenvalue weighted by Crippen LogP contribution is -2.50. The first-order chi connectivity index (χ1) is 11.0. The van der Waals surface area contributed by atoms with Gasteiger partial charge in [0.25, 0.3) is 5.91 Å². The Bertz CT molecular complexity index is 666. The molecule has 24 heavy (non-hydrogen) atoms. The van der Waals surface area contributed by atoms with E-state index in [1.54, 1.807) is 20.8 Å². The number of benzene rings is 1. The fraction of sp³-hybridized carbons (Fsp3) is 0.400. The molecule has 1 atom stereocenters. The van der Waals surface area contributed by atoms with Crippen molar-refractivity contribution in [3.05, 3.63) is 33.9 Å². The van der Waals surface area contributed by atoms with E-state index in [0.29, 0.717) is 6.29 Å². The van der Waals surface area contributed by atoms with Crippen molar-refractivity contribution in [1.82, 2.24) is 10.6 Å². The topological polar surface area (TPSA) is 128 Å². The first-order valence-corrected chi connectivity index (χ1v) is 7.07. The van der Waals surface area contributed by atoms with Gasteiger partial charge in [0.15, 0.2) is 11.9 Å². The van der Waals surface area contributed by atoms with Gasteiger partial charge in [-0.25, -0.2) is 4.79 Å². The summed E-state index contributed by atoms with van der Waals surface area (Å²) < 4.78 is 5.25. The molecule has 0 aliphatic carbocycles. The molecule has 0 fully saturated rings. The van der Waals surface area contributed by atoms with Crippen LogP contribution in [-0.2, 0) is 4.79 Å². The van der Waals surface area contributed by atoms with Crippen LogP contribution in [0.1, 0.15) is 38.1 Å². The zero-order valence-electron chi connectivity index (χ0n) is 13.8. The summed E-state index contributed by atoms with van der Waals surface area (Å²) in [5.74, 6) is -0.935. The Hall–Kier alpha value is -2.97. The standard InChI is InChI=1S/C15H19N3O6/c1-9(13(20)16-14(21)17-15(2,3)4)24-12-6-5-10(8-19)7-11(12)18(22)23/h5-9H,1-4H3,(H2,16,17,20,21)/t9-/m1/s1. The Labute approximate surface area is 138 Å². The number of rotatable bonds is 5. The van der Waals surface area contributed by atoms with Gasteiger partial charge >= 0.3 is 11.7 Å². The van der Waals surface area contributed by atoms with Crippen LogP contribution in [0.4, 0.5) is 10.5 Å². The van der Waals surface area contributed by atoms with Crippen molar-refractivity contribution in [3.8, 4) is 5.75 Å². The van der Waals surface area contributed by atoms with Gasteiger partial charge < -0.3 is 10.1 Å². The molecule has 1 aromatic carbocycles. The van der Waals surface area contributed by atoms with Crippen LogP contribution in [0, 0.1) is 10.1 Å². The van der Waals surface area contributed by atoms with E-state index in [-0.39, 0.29) is 11.3 Å². The van der Waals surface area contributed by atoms with Gasteiger partial charge in [0.1, 0.15) is 6.29 Å². The summed E-state index contributed by atoms with van der Waals surface area (Å²) in [5.41, 5.74) is -0.869. The van der Waals surface area contributed by atoms with Crippen molar-refractivity contribution in [2.24, 2.45) is 0 Å². The average Bonchev–Trinajstić information content (AvgIpc) is 2.45. The molecule has 1 aromatic rings. The van der Waals surface area contributed by atoms with Gasteiger partial charge in [-0.15, -0.1) is 0 Å². The number of ether oxygens (including phenoxy) is 1. The minimum atomic E-state index is -1.16. The number of nitro groups is 1. The van der Waals surface area contributed by atoms with Gasteiger partial charge in [0.2, 0.25) is 0 Å². The molecule has 2 N–H and O–H groups in total. The number of urea groups is 1. The van der Waals surface area contributed by atoms with E-state index >= 15 is 0 Å². The maximum absolute atomic E-state index is 11.9. The molecular formula is C15H19N3O6. The third-order valence-corrected chi connectivity index (χ3v) is 2.71. The van der Waals surface area contributed by atoms with Gasteiger partial charge in [-0.2, -0.15) is 0 Å². The Balaban J connectivity index is 2.82. The SMILES string of the molecule is C[C@@H](Oc1ccc(C=O)cc1[N+](=O)[O-])C(=O)NC(=O)NC(C)(C)C. The monoisotopic (exact) mass is 337 g/mol. The van der Waals surface area contributed by atoms with Crippen LogP contribution in [0.25, 0.3) is 0 Å². The maximum Gasteiger partial charge on any atom is 0.321 e. The highest BCUT2D eigenvalue weighted by atomic mass is 16.6. The lowest BCUT2D eigenvalue weighted by Gasteiger charge is -2.21. The molecular weight excluding hydrogens is 318 g/mol. The molecule has 1 rings (SSSR count). The second kappa shape index (κ2) is 7.53.